The maximum absolute atomic E-state index is 6.16. The van der Waals surface area contributed by atoms with Crippen molar-refractivity contribution in [2.45, 2.75) is 25.8 Å². The van der Waals surface area contributed by atoms with Crippen molar-refractivity contribution in [3.63, 3.8) is 0 Å². The molecule has 0 saturated carbocycles. The Morgan fingerprint density at radius 2 is 2.25 bits per heavy atom. The number of hydrogen-bond acceptors (Lipinski definition) is 2. The van der Waals surface area contributed by atoms with Gasteiger partial charge >= 0.3 is 0 Å². The summed E-state index contributed by atoms with van der Waals surface area (Å²) in [7, 11) is 0. The summed E-state index contributed by atoms with van der Waals surface area (Å²) in [4.78, 5) is 8.57. The third-order valence-corrected chi connectivity index (χ3v) is 3.29. The molecule has 4 heteroatoms. The average molecular weight is 234 g/mol. The minimum atomic E-state index is 0.651. The third-order valence-electron chi connectivity index (χ3n) is 2.99. The van der Waals surface area contributed by atoms with Gasteiger partial charge in [-0.15, -0.1) is 0 Å². The molecule has 3 heterocycles. The topological polar surface area (TPSA) is 30.7 Å². The highest BCUT2D eigenvalue weighted by molar-refractivity contribution is 6.30. The number of imidazole rings is 1. The molecule has 0 atom stereocenters. The first-order valence-corrected chi connectivity index (χ1v) is 5.89. The second-order valence-electron chi connectivity index (χ2n) is 4.02. The van der Waals surface area contributed by atoms with Crippen molar-refractivity contribution in [3.05, 3.63) is 35.4 Å². The number of aromatic nitrogens is 3. The molecular weight excluding hydrogens is 222 g/mol. The summed E-state index contributed by atoms with van der Waals surface area (Å²) < 4.78 is 2.23. The van der Waals surface area contributed by atoms with E-state index in [2.05, 4.69) is 14.5 Å². The van der Waals surface area contributed by atoms with E-state index in [9.17, 15) is 0 Å². The molecule has 1 aliphatic rings. The van der Waals surface area contributed by atoms with Crippen molar-refractivity contribution in [2.24, 2.45) is 0 Å². The first-order valence-electron chi connectivity index (χ1n) is 5.51. The van der Waals surface area contributed by atoms with E-state index in [1.165, 1.54) is 18.5 Å². The van der Waals surface area contributed by atoms with E-state index in [0.29, 0.717) is 5.15 Å². The summed E-state index contributed by atoms with van der Waals surface area (Å²) in [6.45, 7) is 1.01. The highest BCUT2D eigenvalue weighted by atomic mass is 35.5. The molecule has 0 amide bonds. The lowest BCUT2D eigenvalue weighted by atomic mass is 10.1. The molecule has 0 radical (unpaired) electrons. The van der Waals surface area contributed by atoms with Gasteiger partial charge in [0.1, 0.15) is 5.82 Å². The number of fused-ring (bicyclic) bond motifs is 1. The Morgan fingerprint density at radius 1 is 1.31 bits per heavy atom. The summed E-state index contributed by atoms with van der Waals surface area (Å²) in [5, 5.41) is 0.651. The average Bonchev–Trinajstić information content (AvgIpc) is 2.69. The molecule has 0 bridgehead atoms. The van der Waals surface area contributed by atoms with Crippen LogP contribution in [0.25, 0.3) is 11.4 Å². The lowest BCUT2D eigenvalue weighted by Gasteiger charge is -2.16. The van der Waals surface area contributed by atoms with E-state index in [1.54, 1.807) is 6.20 Å². The van der Waals surface area contributed by atoms with Crippen LogP contribution in [0.3, 0.4) is 0 Å². The predicted octanol–water partition coefficient (Wildman–Crippen LogP) is 2.93. The molecule has 0 fully saturated rings. The fourth-order valence-electron chi connectivity index (χ4n) is 2.21. The van der Waals surface area contributed by atoms with Gasteiger partial charge in [0.25, 0.3) is 0 Å². The molecule has 0 spiro atoms. The van der Waals surface area contributed by atoms with Crippen LogP contribution >= 0.6 is 11.6 Å². The van der Waals surface area contributed by atoms with Crippen LogP contribution in [-0.4, -0.2) is 14.5 Å². The van der Waals surface area contributed by atoms with Gasteiger partial charge in [0.05, 0.1) is 5.69 Å². The standard InChI is InChI=1S/C12H12ClN3/c13-11-10-5-1-2-7-16(10)12(15-11)9-4-3-6-14-8-9/h3-4,6,8H,1-2,5,7H2. The van der Waals surface area contributed by atoms with Crippen molar-refractivity contribution in [1.29, 1.82) is 0 Å². The molecule has 0 N–H and O–H groups in total. The Kier molecular flexibility index (Phi) is 2.40. The van der Waals surface area contributed by atoms with Crippen LogP contribution in [0, 0.1) is 0 Å². The van der Waals surface area contributed by atoms with E-state index in [0.717, 1.165) is 24.4 Å². The quantitative estimate of drug-likeness (QED) is 0.758. The third kappa shape index (κ3) is 1.52. The zero-order chi connectivity index (χ0) is 11.0. The van der Waals surface area contributed by atoms with Crippen LogP contribution in [0.5, 0.6) is 0 Å². The van der Waals surface area contributed by atoms with E-state index in [1.807, 2.05) is 18.3 Å². The van der Waals surface area contributed by atoms with E-state index in [4.69, 9.17) is 11.6 Å². The summed E-state index contributed by atoms with van der Waals surface area (Å²) in [5.74, 6) is 0.952. The molecule has 16 heavy (non-hydrogen) atoms. The highest BCUT2D eigenvalue weighted by Crippen LogP contribution is 2.29. The van der Waals surface area contributed by atoms with Gasteiger partial charge in [-0.2, -0.15) is 0 Å². The van der Waals surface area contributed by atoms with E-state index in [-0.39, 0.29) is 0 Å². The van der Waals surface area contributed by atoms with Gasteiger partial charge in [0, 0.05) is 24.5 Å². The van der Waals surface area contributed by atoms with E-state index >= 15 is 0 Å². The zero-order valence-corrected chi connectivity index (χ0v) is 9.61. The lowest BCUT2D eigenvalue weighted by molar-refractivity contribution is 0.536. The second-order valence-corrected chi connectivity index (χ2v) is 4.38. The fourth-order valence-corrected chi connectivity index (χ4v) is 2.49. The summed E-state index contributed by atoms with van der Waals surface area (Å²) in [6, 6.07) is 3.95. The first kappa shape index (κ1) is 9.85. The molecule has 2 aromatic rings. The Bertz CT molecular complexity index is 504. The molecule has 82 valence electrons. The Labute approximate surface area is 99.1 Å². The number of hydrogen-bond donors (Lipinski definition) is 0. The van der Waals surface area contributed by atoms with Crippen molar-refractivity contribution in [1.82, 2.24) is 14.5 Å². The lowest BCUT2D eigenvalue weighted by Crippen LogP contribution is -2.11. The predicted molar refractivity (Wildman–Crippen MR) is 63.4 cm³/mol. The molecule has 1 aliphatic heterocycles. The maximum atomic E-state index is 6.16. The van der Waals surface area contributed by atoms with Gasteiger partial charge in [-0.05, 0) is 31.4 Å². The molecule has 0 unspecified atom stereocenters. The summed E-state index contributed by atoms with van der Waals surface area (Å²) in [5.41, 5.74) is 2.21. The molecule has 0 saturated heterocycles. The molecular formula is C12H12ClN3. The van der Waals surface area contributed by atoms with Gasteiger partial charge < -0.3 is 4.57 Å². The normalized spacial score (nSPS) is 14.8. The monoisotopic (exact) mass is 233 g/mol. The molecule has 3 rings (SSSR count). The van der Waals surface area contributed by atoms with Crippen LogP contribution in [0.15, 0.2) is 24.5 Å². The van der Waals surface area contributed by atoms with Gasteiger partial charge in [-0.1, -0.05) is 11.6 Å². The van der Waals surface area contributed by atoms with Crippen LogP contribution < -0.4 is 0 Å². The highest BCUT2D eigenvalue weighted by Gasteiger charge is 2.19. The van der Waals surface area contributed by atoms with Gasteiger partial charge in [0.15, 0.2) is 5.15 Å². The van der Waals surface area contributed by atoms with Crippen molar-refractivity contribution in [2.75, 3.05) is 0 Å². The minimum absolute atomic E-state index is 0.651. The summed E-state index contributed by atoms with van der Waals surface area (Å²) in [6.07, 6.45) is 7.04. The molecule has 2 aromatic heterocycles. The van der Waals surface area contributed by atoms with Gasteiger partial charge in [0.2, 0.25) is 0 Å². The maximum Gasteiger partial charge on any atom is 0.150 e. The Morgan fingerprint density at radius 3 is 3.06 bits per heavy atom. The van der Waals surface area contributed by atoms with Crippen LogP contribution in [0.1, 0.15) is 18.5 Å². The summed E-state index contributed by atoms with van der Waals surface area (Å²) >= 11 is 6.16. The number of halogens is 1. The smallest absolute Gasteiger partial charge is 0.150 e. The largest absolute Gasteiger partial charge is 0.327 e. The van der Waals surface area contributed by atoms with Crippen molar-refractivity contribution in [3.8, 4) is 11.4 Å². The number of rotatable bonds is 1. The van der Waals surface area contributed by atoms with Crippen molar-refractivity contribution >= 4 is 11.6 Å². The zero-order valence-electron chi connectivity index (χ0n) is 8.86. The molecule has 3 nitrogen and oxygen atoms in total. The van der Waals surface area contributed by atoms with Crippen molar-refractivity contribution < 1.29 is 0 Å². The van der Waals surface area contributed by atoms with Gasteiger partial charge in [-0.3, -0.25) is 4.98 Å². The van der Waals surface area contributed by atoms with Crippen LogP contribution in [0.2, 0.25) is 5.15 Å². The van der Waals surface area contributed by atoms with Crippen LogP contribution in [0.4, 0.5) is 0 Å². The first-order chi connectivity index (χ1) is 7.86. The van der Waals surface area contributed by atoms with E-state index < -0.39 is 0 Å². The molecule has 0 aromatic carbocycles. The SMILES string of the molecule is Clc1nc(-c2cccnc2)n2c1CCCC2. The van der Waals surface area contributed by atoms with Crippen LogP contribution in [-0.2, 0) is 13.0 Å². The second kappa shape index (κ2) is 3.91. The van der Waals surface area contributed by atoms with Gasteiger partial charge in [-0.25, -0.2) is 4.98 Å². The number of nitrogens with zero attached hydrogens (tertiary/aromatic N) is 3. The Hall–Kier alpha value is -1.35. The number of pyridine rings is 1. The Balaban J connectivity index is 2.15. The fraction of sp³-hybridized carbons (Fsp3) is 0.333. The minimum Gasteiger partial charge on any atom is -0.327 e. The molecule has 0 aliphatic carbocycles.